The fourth-order valence-corrected chi connectivity index (χ4v) is 12.9. The van der Waals surface area contributed by atoms with E-state index in [1.807, 2.05) is 0 Å². The maximum atomic E-state index is 3.76. The summed E-state index contributed by atoms with van der Waals surface area (Å²) in [6, 6.07) is 19.0. The predicted molar refractivity (Wildman–Crippen MR) is 85.5 cm³/mol. The van der Waals surface area contributed by atoms with Crippen molar-refractivity contribution in [2.24, 2.45) is 0 Å². The Labute approximate surface area is 149 Å². The second-order valence-corrected chi connectivity index (χ2v) is 16.3. The molecule has 0 N–H and O–H groups in total. The Hall–Kier alpha value is 0.329. The molecule has 0 saturated heterocycles. The van der Waals surface area contributed by atoms with Crippen molar-refractivity contribution < 1.29 is 37.7 Å². The zero-order valence-electron chi connectivity index (χ0n) is 13.7. The van der Waals surface area contributed by atoms with Gasteiger partial charge in [0.2, 0.25) is 0 Å². The molecule has 2 aromatic rings. The molecule has 20 heavy (non-hydrogen) atoms. The van der Waals surface area contributed by atoms with Crippen molar-refractivity contribution in [3.63, 3.8) is 0 Å². The Balaban J connectivity index is 0.000001000. The van der Waals surface area contributed by atoms with E-state index in [1.54, 1.807) is 10.4 Å². The minimum Gasteiger partial charge on any atom is -0.244 e. The van der Waals surface area contributed by atoms with Crippen LogP contribution in [0.4, 0.5) is 0 Å². The second kappa shape index (κ2) is 6.21. The zero-order valence-corrected chi connectivity index (χ0v) is 15.7. The fourth-order valence-electron chi connectivity index (χ4n) is 2.99. The van der Waals surface area contributed by atoms with E-state index < -0.39 is 16.1 Å². The van der Waals surface area contributed by atoms with Crippen LogP contribution in [0.2, 0.25) is 38.3 Å². The van der Waals surface area contributed by atoms with Crippen LogP contribution in [0.15, 0.2) is 24.3 Å². The quantitative estimate of drug-likeness (QED) is 0.364. The predicted octanol–water partition coefficient (Wildman–Crippen LogP) is -2.71. The van der Waals surface area contributed by atoms with Gasteiger partial charge in [-0.25, -0.2) is 33.3 Å². The Kier molecular flexibility index (Phi) is 5.71. The van der Waals surface area contributed by atoms with Gasteiger partial charge in [-0.15, -0.1) is 12.1 Å². The van der Waals surface area contributed by atoms with Gasteiger partial charge < -0.3 is 0 Å². The number of hydrogen-bond acceptors (Lipinski definition) is 0. The molecule has 0 bridgehead atoms. The van der Waals surface area contributed by atoms with Gasteiger partial charge in [-0.05, 0) is 0 Å². The van der Waals surface area contributed by atoms with E-state index in [4.69, 9.17) is 0 Å². The van der Waals surface area contributed by atoms with Crippen LogP contribution in [0.25, 0.3) is 10.8 Å². The number of benzene rings is 2. The molecule has 1 aliphatic heterocycles. The molecule has 2 aromatic carbocycles. The second-order valence-electron chi connectivity index (χ2n) is 6.81. The summed E-state index contributed by atoms with van der Waals surface area (Å²) in [7, 11) is -2.54. The van der Waals surface area contributed by atoms with E-state index >= 15 is 0 Å². The van der Waals surface area contributed by atoms with Crippen LogP contribution in [0.3, 0.4) is 0 Å². The number of hydrogen-bond donors (Lipinski definition) is 0. The van der Waals surface area contributed by atoms with E-state index in [9.17, 15) is 0 Å². The standard InChI is InChI=1S/C16H20Si2.2Li/c1-17(2)9-10-18(3,4)16-12-14-8-6-5-7-13(14)11-15(16)17;;/h5-8H,9-10H2,1-4H3;;/q-2;2*+1. The third-order valence-corrected chi connectivity index (χ3v) is 11.6. The van der Waals surface area contributed by atoms with Gasteiger partial charge in [0.25, 0.3) is 0 Å². The largest absolute Gasteiger partial charge is 1.00 e. The van der Waals surface area contributed by atoms with Gasteiger partial charge in [0.05, 0.1) is 0 Å². The van der Waals surface area contributed by atoms with Gasteiger partial charge in [-0.1, -0.05) is 38.3 Å². The molecule has 0 fully saturated rings. The number of fused-ring (bicyclic) bond motifs is 2. The van der Waals surface area contributed by atoms with Gasteiger partial charge >= 0.3 is 37.7 Å². The summed E-state index contributed by atoms with van der Waals surface area (Å²) in [5, 5.41) is 5.65. The Bertz CT molecular complexity index is 566. The summed E-state index contributed by atoms with van der Waals surface area (Å²) in [6.07, 6.45) is 0. The third kappa shape index (κ3) is 3.07. The smallest absolute Gasteiger partial charge is 0.244 e. The van der Waals surface area contributed by atoms with Crippen LogP contribution in [0.1, 0.15) is 0 Å². The first-order valence-corrected chi connectivity index (χ1v) is 13.2. The topological polar surface area (TPSA) is 0 Å². The summed E-state index contributed by atoms with van der Waals surface area (Å²) in [5.41, 5.74) is 0. The van der Waals surface area contributed by atoms with Gasteiger partial charge in [0.1, 0.15) is 0 Å². The molecule has 1 heterocycles. The maximum Gasteiger partial charge on any atom is 1.00 e. The monoisotopic (exact) mass is 282 g/mol. The SMILES string of the molecule is C[Si]1(C)CC[Si](C)(C)c2[c-]c3ccccc3[c-]c21.[Li+].[Li+]. The molecule has 4 heteroatoms. The molecular weight excluding hydrogens is 262 g/mol. The Morgan fingerprint density at radius 2 is 1.10 bits per heavy atom. The third-order valence-electron chi connectivity index (χ3n) is 4.42. The summed E-state index contributed by atoms with van der Waals surface area (Å²) < 4.78 is 0. The first-order chi connectivity index (χ1) is 8.40. The molecule has 94 valence electrons. The van der Waals surface area contributed by atoms with E-state index in [1.165, 1.54) is 22.9 Å². The van der Waals surface area contributed by atoms with Crippen LogP contribution >= 0.6 is 0 Å². The summed E-state index contributed by atoms with van der Waals surface area (Å²) >= 11 is 0. The van der Waals surface area contributed by atoms with Crippen molar-refractivity contribution in [3.8, 4) is 0 Å². The van der Waals surface area contributed by atoms with Gasteiger partial charge in [0, 0.05) is 16.1 Å². The van der Waals surface area contributed by atoms with Crippen molar-refractivity contribution in [2.45, 2.75) is 38.3 Å². The normalized spacial score (nSPS) is 18.6. The first kappa shape index (κ1) is 18.4. The van der Waals surface area contributed by atoms with Crippen LogP contribution in [0, 0.1) is 12.1 Å². The molecule has 1 aliphatic rings. The molecule has 0 aromatic heterocycles. The molecular formula is C16H20Li2Si2. The van der Waals surface area contributed by atoms with Crippen molar-refractivity contribution in [2.75, 3.05) is 0 Å². The van der Waals surface area contributed by atoms with Gasteiger partial charge in [-0.2, -0.15) is 12.1 Å². The fraction of sp³-hybridized carbons (Fsp3) is 0.375. The van der Waals surface area contributed by atoms with Crippen molar-refractivity contribution in [1.29, 1.82) is 0 Å². The molecule has 3 rings (SSSR count). The molecule has 0 spiro atoms. The van der Waals surface area contributed by atoms with Crippen molar-refractivity contribution in [1.82, 2.24) is 0 Å². The Morgan fingerprint density at radius 1 is 0.750 bits per heavy atom. The minimum absolute atomic E-state index is 0. The maximum absolute atomic E-state index is 3.76. The average Bonchev–Trinajstić information content (AvgIpc) is 2.34. The summed E-state index contributed by atoms with van der Waals surface area (Å²) in [6.45, 7) is 9.98. The zero-order chi connectivity index (χ0) is 13.0. The van der Waals surface area contributed by atoms with Gasteiger partial charge in [-0.3, -0.25) is 0 Å². The van der Waals surface area contributed by atoms with Crippen LogP contribution in [0.5, 0.6) is 0 Å². The molecule has 0 amide bonds. The van der Waals surface area contributed by atoms with E-state index in [-0.39, 0.29) is 37.7 Å². The van der Waals surface area contributed by atoms with E-state index in [0.29, 0.717) is 0 Å². The molecule has 0 saturated carbocycles. The molecule has 0 unspecified atom stereocenters. The molecule has 0 aliphatic carbocycles. The summed E-state index contributed by atoms with van der Waals surface area (Å²) in [4.78, 5) is 0. The number of rotatable bonds is 0. The first-order valence-electron chi connectivity index (χ1n) is 6.78. The van der Waals surface area contributed by atoms with E-state index in [2.05, 4.69) is 62.6 Å². The molecule has 0 radical (unpaired) electrons. The van der Waals surface area contributed by atoms with E-state index in [0.717, 1.165) is 0 Å². The van der Waals surface area contributed by atoms with Crippen molar-refractivity contribution >= 4 is 37.3 Å². The average molecular weight is 282 g/mol. The minimum atomic E-state index is -1.27. The molecule has 0 atom stereocenters. The molecule has 0 nitrogen and oxygen atoms in total. The van der Waals surface area contributed by atoms with Crippen LogP contribution in [-0.4, -0.2) is 16.1 Å². The summed E-state index contributed by atoms with van der Waals surface area (Å²) in [5.74, 6) is 0. The van der Waals surface area contributed by atoms with Crippen molar-refractivity contribution in [3.05, 3.63) is 36.4 Å². The van der Waals surface area contributed by atoms with Crippen LogP contribution < -0.4 is 48.1 Å². The van der Waals surface area contributed by atoms with Gasteiger partial charge in [0.15, 0.2) is 0 Å². The Morgan fingerprint density at radius 3 is 1.45 bits per heavy atom. The van der Waals surface area contributed by atoms with Crippen LogP contribution in [-0.2, 0) is 0 Å².